The fourth-order valence-corrected chi connectivity index (χ4v) is 2.15. The third kappa shape index (κ3) is 6.07. The molecule has 0 bridgehead atoms. The molecule has 0 heterocycles. The van der Waals surface area contributed by atoms with Gasteiger partial charge in [-0.05, 0) is 30.0 Å². The summed E-state index contributed by atoms with van der Waals surface area (Å²) in [6, 6.07) is 8.01. The minimum atomic E-state index is 0.101. The van der Waals surface area contributed by atoms with E-state index in [4.69, 9.17) is 5.73 Å². The zero-order chi connectivity index (χ0) is 13.4. The maximum atomic E-state index is 11.6. The van der Waals surface area contributed by atoms with Gasteiger partial charge in [-0.2, -0.15) is 0 Å². The molecular weight excluding hydrogens is 244 g/mol. The average Bonchev–Trinajstić information content (AvgIpc) is 2.36. The highest BCUT2D eigenvalue weighted by atomic mass is 32.2. The maximum Gasteiger partial charge on any atom is 0.230 e. The number of carbonyl (C=O) groups excluding carboxylic acids is 1. The molecule has 1 aromatic rings. The molecule has 3 nitrogen and oxygen atoms in total. The van der Waals surface area contributed by atoms with Crippen molar-refractivity contribution in [2.24, 2.45) is 11.7 Å². The van der Waals surface area contributed by atoms with Crippen LogP contribution in [0.15, 0.2) is 29.2 Å². The van der Waals surface area contributed by atoms with Gasteiger partial charge in [0, 0.05) is 18.0 Å². The lowest BCUT2D eigenvalue weighted by atomic mass is 10.1. The average molecular weight is 266 g/mol. The van der Waals surface area contributed by atoms with Crippen LogP contribution in [-0.2, 0) is 11.3 Å². The number of amides is 1. The smallest absolute Gasteiger partial charge is 0.230 e. The molecule has 0 aliphatic carbocycles. The van der Waals surface area contributed by atoms with Crippen molar-refractivity contribution < 1.29 is 4.79 Å². The lowest BCUT2D eigenvalue weighted by molar-refractivity contribution is -0.118. The lowest BCUT2D eigenvalue weighted by Crippen LogP contribution is -2.26. The van der Waals surface area contributed by atoms with Crippen LogP contribution < -0.4 is 11.1 Å². The van der Waals surface area contributed by atoms with Gasteiger partial charge in [0.2, 0.25) is 5.91 Å². The van der Waals surface area contributed by atoms with E-state index in [0.717, 1.165) is 23.4 Å². The van der Waals surface area contributed by atoms with Gasteiger partial charge < -0.3 is 11.1 Å². The van der Waals surface area contributed by atoms with Crippen LogP contribution >= 0.6 is 11.8 Å². The molecule has 1 aromatic carbocycles. The maximum absolute atomic E-state index is 11.6. The van der Waals surface area contributed by atoms with E-state index in [1.807, 2.05) is 24.3 Å². The second kappa shape index (κ2) is 8.16. The SMILES string of the molecule is CC(C)CCNC(=O)CSc1ccc(CN)cc1. The van der Waals surface area contributed by atoms with Gasteiger partial charge in [-0.1, -0.05) is 26.0 Å². The number of thioether (sulfide) groups is 1. The van der Waals surface area contributed by atoms with Gasteiger partial charge in [0.25, 0.3) is 0 Å². The molecule has 3 N–H and O–H groups in total. The molecule has 0 aliphatic heterocycles. The Kier molecular flexibility index (Phi) is 6.83. The Morgan fingerprint density at radius 3 is 2.56 bits per heavy atom. The molecular formula is C14H22N2OS. The van der Waals surface area contributed by atoms with Gasteiger partial charge in [-0.15, -0.1) is 11.8 Å². The van der Waals surface area contributed by atoms with Crippen molar-refractivity contribution in [2.45, 2.75) is 31.7 Å². The fraction of sp³-hybridized carbons (Fsp3) is 0.500. The van der Waals surface area contributed by atoms with E-state index in [1.165, 1.54) is 0 Å². The highest BCUT2D eigenvalue weighted by Gasteiger charge is 2.03. The first-order chi connectivity index (χ1) is 8.61. The van der Waals surface area contributed by atoms with Crippen molar-refractivity contribution in [1.82, 2.24) is 5.32 Å². The molecule has 18 heavy (non-hydrogen) atoms. The molecule has 0 saturated carbocycles. The van der Waals surface area contributed by atoms with Crippen LogP contribution in [0.1, 0.15) is 25.8 Å². The molecule has 0 atom stereocenters. The Labute approximate surface area is 114 Å². The minimum Gasteiger partial charge on any atom is -0.355 e. The predicted octanol–water partition coefficient (Wildman–Crippen LogP) is 2.40. The van der Waals surface area contributed by atoms with E-state index < -0.39 is 0 Å². The Hall–Kier alpha value is -1.00. The second-order valence-electron chi connectivity index (χ2n) is 4.67. The van der Waals surface area contributed by atoms with Gasteiger partial charge >= 0.3 is 0 Å². The third-order valence-electron chi connectivity index (χ3n) is 2.57. The zero-order valence-corrected chi connectivity index (χ0v) is 11.9. The summed E-state index contributed by atoms with van der Waals surface area (Å²) in [7, 11) is 0. The van der Waals surface area contributed by atoms with Crippen LogP contribution in [0.3, 0.4) is 0 Å². The summed E-state index contributed by atoms with van der Waals surface area (Å²) in [6.45, 7) is 5.63. The lowest BCUT2D eigenvalue weighted by Gasteiger charge is -2.07. The summed E-state index contributed by atoms with van der Waals surface area (Å²) < 4.78 is 0. The number of rotatable bonds is 7. The van der Waals surface area contributed by atoms with Gasteiger partial charge in [-0.3, -0.25) is 4.79 Å². The highest BCUT2D eigenvalue weighted by molar-refractivity contribution is 8.00. The Morgan fingerprint density at radius 2 is 2.00 bits per heavy atom. The van der Waals surface area contributed by atoms with Crippen LogP contribution in [0.5, 0.6) is 0 Å². The van der Waals surface area contributed by atoms with E-state index in [0.29, 0.717) is 18.2 Å². The predicted molar refractivity (Wildman–Crippen MR) is 77.5 cm³/mol. The van der Waals surface area contributed by atoms with Crippen LogP contribution in [0.25, 0.3) is 0 Å². The summed E-state index contributed by atoms with van der Waals surface area (Å²) in [6.07, 6.45) is 1.03. The summed E-state index contributed by atoms with van der Waals surface area (Å²) >= 11 is 1.55. The van der Waals surface area contributed by atoms with Gasteiger partial charge in [0.05, 0.1) is 5.75 Å². The van der Waals surface area contributed by atoms with Gasteiger partial charge in [0.1, 0.15) is 0 Å². The fourth-order valence-electron chi connectivity index (χ4n) is 1.42. The first-order valence-corrected chi connectivity index (χ1v) is 7.29. The number of carbonyl (C=O) groups is 1. The van der Waals surface area contributed by atoms with Crippen molar-refractivity contribution in [1.29, 1.82) is 0 Å². The summed E-state index contributed by atoms with van der Waals surface area (Å²) in [5, 5.41) is 2.93. The third-order valence-corrected chi connectivity index (χ3v) is 3.58. The normalized spacial score (nSPS) is 10.7. The largest absolute Gasteiger partial charge is 0.355 e. The first kappa shape index (κ1) is 15.1. The number of benzene rings is 1. The minimum absolute atomic E-state index is 0.101. The summed E-state index contributed by atoms with van der Waals surface area (Å²) in [4.78, 5) is 12.7. The standard InChI is InChI=1S/C14H22N2OS/c1-11(2)7-8-16-14(17)10-18-13-5-3-12(9-15)4-6-13/h3-6,11H,7-10,15H2,1-2H3,(H,16,17). The summed E-state index contributed by atoms with van der Waals surface area (Å²) in [5.41, 5.74) is 6.64. The molecule has 0 aromatic heterocycles. The van der Waals surface area contributed by atoms with Crippen molar-refractivity contribution in [2.75, 3.05) is 12.3 Å². The van der Waals surface area contributed by atoms with Crippen molar-refractivity contribution >= 4 is 17.7 Å². The van der Waals surface area contributed by atoms with Gasteiger partial charge in [-0.25, -0.2) is 0 Å². The van der Waals surface area contributed by atoms with Gasteiger partial charge in [0.15, 0.2) is 0 Å². The Bertz CT molecular complexity index is 363. The molecule has 0 aliphatic rings. The van der Waals surface area contributed by atoms with E-state index in [2.05, 4.69) is 19.2 Å². The highest BCUT2D eigenvalue weighted by Crippen LogP contribution is 2.17. The molecule has 1 rings (SSSR count). The van der Waals surface area contributed by atoms with E-state index >= 15 is 0 Å². The van der Waals surface area contributed by atoms with Crippen molar-refractivity contribution in [3.8, 4) is 0 Å². The van der Waals surface area contributed by atoms with Crippen molar-refractivity contribution in [3.63, 3.8) is 0 Å². The number of hydrogen-bond donors (Lipinski definition) is 2. The van der Waals surface area contributed by atoms with Crippen LogP contribution in [-0.4, -0.2) is 18.2 Å². The topological polar surface area (TPSA) is 55.1 Å². The molecule has 0 fully saturated rings. The van der Waals surface area contributed by atoms with Crippen LogP contribution in [0, 0.1) is 5.92 Å². The molecule has 4 heteroatoms. The molecule has 1 amide bonds. The van der Waals surface area contributed by atoms with E-state index in [-0.39, 0.29) is 5.91 Å². The second-order valence-corrected chi connectivity index (χ2v) is 5.72. The number of nitrogens with one attached hydrogen (secondary N) is 1. The van der Waals surface area contributed by atoms with Crippen LogP contribution in [0.2, 0.25) is 0 Å². The molecule has 100 valence electrons. The van der Waals surface area contributed by atoms with E-state index in [9.17, 15) is 4.79 Å². The van der Waals surface area contributed by atoms with Crippen LogP contribution in [0.4, 0.5) is 0 Å². The molecule has 0 radical (unpaired) electrons. The first-order valence-electron chi connectivity index (χ1n) is 6.30. The monoisotopic (exact) mass is 266 g/mol. The summed E-state index contributed by atoms with van der Waals surface area (Å²) in [5.74, 6) is 1.20. The Balaban J connectivity index is 2.24. The molecule has 0 spiro atoms. The Morgan fingerprint density at radius 1 is 1.33 bits per heavy atom. The molecule has 0 unspecified atom stereocenters. The quantitative estimate of drug-likeness (QED) is 0.745. The number of nitrogens with two attached hydrogens (primary N) is 1. The zero-order valence-electron chi connectivity index (χ0n) is 11.1. The number of hydrogen-bond acceptors (Lipinski definition) is 3. The van der Waals surface area contributed by atoms with E-state index in [1.54, 1.807) is 11.8 Å². The van der Waals surface area contributed by atoms with Crippen molar-refractivity contribution in [3.05, 3.63) is 29.8 Å². The molecule has 0 saturated heterocycles.